The Morgan fingerprint density at radius 3 is 1.80 bits per heavy atom. The third kappa shape index (κ3) is 4.13. The molecule has 0 amide bonds. The van der Waals surface area contributed by atoms with Crippen molar-refractivity contribution in [3.63, 3.8) is 0 Å². The predicted molar refractivity (Wildman–Crippen MR) is 80.1 cm³/mol. The summed E-state index contributed by atoms with van der Waals surface area (Å²) in [5.41, 5.74) is 2.82. The van der Waals surface area contributed by atoms with E-state index in [1.165, 1.54) is 5.56 Å². The van der Waals surface area contributed by atoms with Crippen LogP contribution in [0, 0.1) is 0 Å². The Balaban J connectivity index is 1.91. The average Bonchev–Trinajstić information content (AvgIpc) is 2.47. The molecule has 2 aromatic carbocycles. The van der Waals surface area contributed by atoms with Crippen LogP contribution in [0.2, 0.25) is 0 Å². The zero-order valence-corrected chi connectivity index (χ0v) is 11.1. The first-order valence-corrected chi connectivity index (χ1v) is 6.46. The van der Waals surface area contributed by atoms with Crippen molar-refractivity contribution >= 4 is 20.3 Å². The summed E-state index contributed by atoms with van der Waals surface area (Å²) in [6, 6.07) is 14.8. The van der Waals surface area contributed by atoms with E-state index in [1.54, 1.807) is 12.1 Å². The Bertz CT molecular complexity index is 526. The van der Waals surface area contributed by atoms with Gasteiger partial charge in [-0.25, -0.2) is 0 Å². The number of rotatable bonds is 6. The first-order chi connectivity index (χ1) is 9.69. The third-order valence-electron chi connectivity index (χ3n) is 3.13. The fraction of sp³-hybridized carbons (Fsp3) is 0.143. The van der Waals surface area contributed by atoms with Gasteiger partial charge in [0, 0.05) is 0 Å². The zero-order chi connectivity index (χ0) is 14.4. The summed E-state index contributed by atoms with van der Waals surface area (Å²) in [5, 5.41) is 26.7. The Kier molecular flexibility index (Phi) is 5.23. The van der Waals surface area contributed by atoms with Crippen molar-refractivity contribution in [1.29, 1.82) is 0 Å². The summed E-state index contributed by atoms with van der Waals surface area (Å²) in [6.45, 7) is 0. The van der Waals surface area contributed by atoms with Crippen LogP contribution in [0.15, 0.2) is 48.5 Å². The molecule has 0 saturated carbocycles. The lowest BCUT2D eigenvalue weighted by atomic mass is 9.80. The van der Waals surface area contributed by atoms with Crippen LogP contribution >= 0.6 is 0 Å². The number of hydrogen-bond acceptors (Lipinski definition) is 4. The molecule has 2 aromatic rings. The van der Waals surface area contributed by atoms with Crippen LogP contribution in [0.5, 0.6) is 5.75 Å². The molecule has 0 aromatic heterocycles. The van der Waals surface area contributed by atoms with Gasteiger partial charge in [-0.05, 0) is 41.6 Å². The fourth-order valence-electron chi connectivity index (χ4n) is 1.97. The highest BCUT2D eigenvalue weighted by atomic mass is 16.5. The molecule has 4 nitrogen and oxygen atoms in total. The molecule has 0 unspecified atom stereocenters. The normalized spacial score (nSPS) is 10.2. The maximum Gasteiger partial charge on any atom is 0.504 e. The average molecular weight is 270 g/mol. The minimum absolute atomic E-state index is 0.317. The van der Waals surface area contributed by atoms with E-state index in [2.05, 4.69) is 0 Å². The third-order valence-corrected chi connectivity index (χ3v) is 3.13. The van der Waals surface area contributed by atoms with E-state index in [0.717, 1.165) is 18.4 Å². The highest BCUT2D eigenvalue weighted by Crippen LogP contribution is 2.13. The summed E-state index contributed by atoms with van der Waals surface area (Å²) < 4.78 is 4.97. The molecule has 6 heteroatoms. The molecule has 0 spiro atoms. The van der Waals surface area contributed by atoms with E-state index < -0.39 is 7.12 Å². The van der Waals surface area contributed by atoms with E-state index in [0.29, 0.717) is 11.2 Å². The molecule has 0 aliphatic heterocycles. The second-order valence-corrected chi connectivity index (χ2v) is 4.53. The van der Waals surface area contributed by atoms with Crippen LogP contribution in [-0.4, -0.2) is 29.9 Å². The standard InChI is InChI=1S/C14H16B2O4/c17-15-20-14-9-5-12(6-10-14)2-1-11-3-7-13(8-4-11)16(18)19/h3-10,15,17-19H,1-2H2. The lowest BCUT2D eigenvalue weighted by molar-refractivity contribution is 0.425. The van der Waals surface area contributed by atoms with Crippen molar-refractivity contribution in [2.75, 3.05) is 0 Å². The molecule has 102 valence electrons. The van der Waals surface area contributed by atoms with Crippen LogP contribution < -0.4 is 10.1 Å². The quantitative estimate of drug-likeness (QED) is 0.635. The molecule has 0 atom stereocenters. The van der Waals surface area contributed by atoms with Gasteiger partial charge in [-0.1, -0.05) is 36.4 Å². The van der Waals surface area contributed by atoms with Gasteiger partial charge in [-0.2, -0.15) is 0 Å². The Morgan fingerprint density at radius 2 is 1.35 bits per heavy atom. The van der Waals surface area contributed by atoms with Crippen LogP contribution in [-0.2, 0) is 12.8 Å². The minimum atomic E-state index is -1.41. The van der Waals surface area contributed by atoms with Crippen molar-refractivity contribution in [3.05, 3.63) is 59.7 Å². The lowest BCUT2D eigenvalue weighted by Crippen LogP contribution is -2.29. The Morgan fingerprint density at radius 1 is 0.850 bits per heavy atom. The summed E-state index contributed by atoms with van der Waals surface area (Å²) >= 11 is 0. The number of hydrogen-bond donors (Lipinski definition) is 3. The molecular weight excluding hydrogens is 254 g/mol. The van der Waals surface area contributed by atoms with Crippen LogP contribution in [0.3, 0.4) is 0 Å². The number of aryl methyl sites for hydroxylation is 2. The van der Waals surface area contributed by atoms with E-state index in [1.807, 2.05) is 36.4 Å². The zero-order valence-electron chi connectivity index (χ0n) is 11.1. The van der Waals surface area contributed by atoms with Crippen molar-refractivity contribution in [2.45, 2.75) is 12.8 Å². The maximum atomic E-state index is 9.02. The van der Waals surface area contributed by atoms with Crippen LogP contribution in [0.25, 0.3) is 0 Å². The van der Waals surface area contributed by atoms with Gasteiger partial charge >= 0.3 is 14.8 Å². The molecule has 0 radical (unpaired) electrons. The van der Waals surface area contributed by atoms with E-state index in [9.17, 15) is 0 Å². The lowest BCUT2D eigenvalue weighted by Gasteiger charge is -2.06. The molecule has 0 aliphatic rings. The molecule has 2 rings (SSSR count). The van der Waals surface area contributed by atoms with Crippen LogP contribution in [0.1, 0.15) is 11.1 Å². The molecule has 3 N–H and O–H groups in total. The highest BCUT2D eigenvalue weighted by Gasteiger charge is 2.09. The monoisotopic (exact) mass is 270 g/mol. The van der Waals surface area contributed by atoms with Gasteiger partial charge < -0.3 is 19.7 Å². The van der Waals surface area contributed by atoms with Crippen molar-refractivity contribution in [1.82, 2.24) is 0 Å². The molecule has 0 aliphatic carbocycles. The van der Waals surface area contributed by atoms with Gasteiger partial charge in [-0.3, -0.25) is 0 Å². The van der Waals surface area contributed by atoms with E-state index in [4.69, 9.17) is 19.7 Å². The van der Waals surface area contributed by atoms with Crippen molar-refractivity contribution < 1.29 is 19.7 Å². The fourth-order valence-corrected chi connectivity index (χ4v) is 1.97. The summed E-state index contributed by atoms with van der Waals surface area (Å²) in [5.74, 6) is 0.650. The molecule has 0 bridgehead atoms. The topological polar surface area (TPSA) is 69.9 Å². The van der Waals surface area contributed by atoms with E-state index in [-0.39, 0.29) is 7.69 Å². The van der Waals surface area contributed by atoms with Gasteiger partial charge in [0.15, 0.2) is 0 Å². The van der Waals surface area contributed by atoms with E-state index >= 15 is 0 Å². The molecule has 20 heavy (non-hydrogen) atoms. The molecule has 0 heterocycles. The summed E-state index contributed by atoms with van der Waals surface area (Å²) in [6.07, 6.45) is 1.77. The Labute approximate surface area is 119 Å². The van der Waals surface area contributed by atoms with Crippen molar-refractivity contribution in [3.8, 4) is 5.75 Å². The van der Waals surface area contributed by atoms with Gasteiger partial charge in [0.2, 0.25) is 0 Å². The first kappa shape index (κ1) is 14.7. The Hall–Kier alpha value is -1.75. The smallest absolute Gasteiger partial charge is 0.504 e. The van der Waals surface area contributed by atoms with Gasteiger partial charge in [0.25, 0.3) is 0 Å². The van der Waals surface area contributed by atoms with Gasteiger partial charge in [-0.15, -0.1) is 0 Å². The largest absolute Gasteiger partial charge is 0.539 e. The minimum Gasteiger partial charge on any atom is -0.539 e. The molecule has 0 fully saturated rings. The second kappa shape index (κ2) is 7.14. The van der Waals surface area contributed by atoms with Gasteiger partial charge in [0.05, 0.1) is 0 Å². The maximum absolute atomic E-state index is 9.02. The first-order valence-electron chi connectivity index (χ1n) is 6.46. The number of benzene rings is 2. The summed E-state index contributed by atoms with van der Waals surface area (Å²) in [7, 11) is -1.73. The second-order valence-electron chi connectivity index (χ2n) is 4.53. The van der Waals surface area contributed by atoms with Crippen molar-refractivity contribution in [2.24, 2.45) is 0 Å². The predicted octanol–water partition coefficient (Wildman–Crippen LogP) is -0.211. The molecular formula is C14H16B2O4. The highest BCUT2D eigenvalue weighted by molar-refractivity contribution is 6.58. The van der Waals surface area contributed by atoms with Gasteiger partial charge in [0.1, 0.15) is 5.75 Å². The van der Waals surface area contributed by atoms with Crippen LogP contribution in [0.4, 0.5) is 0 Å². The summed E-state index contributed by atoms with van der Waals surface area (Å²) in [4.78, 5) is 0. The SMILES string of the molecule is OBOc1ccc(CCc2ccc(B(O)O)cc2)cc1. The molecule has 0 saturated heterocycles.